The number of para-hydroxylation sites is 1. The smallest absolute Gasteiger partial charge is 0.238 e. The zero-order valence-electron chi connectivity index (χ0n) is 9.65. The van der Waals surface area contributed by atoms with Crippen LogP contribution < -0.4 is 10.6 Å². The number of benzene rings is 1. The predicted molar refractivity (Wildman–Crippen MR) is 78.8 cm³/mol. The van der Waals surface area contributed by atoms with Crippen molar-refractivity contribution in [2.24, 2.45) is 0 Å². The normalized spacial score (nSPS) is 10.3. The van der Waals surface area contributed by atoms with Gasteiger partial charge in [0.25, 0.3) is 0 Å². The molecule has 0 spiro atoms. The van der Waals surface area contributed by atoms with Crippen molar-refractivity contribution in [1.29, 1.82) is 0 Å². The number of rotatable bonds is 5. The van der Waals surface area contributed by atoms with Gasteiger partial charge in [-0.25, -0.2) is 0 Å². The van der Waals surface area contributed by atoms with E-state index in [4.69, 9.17) is 0 Å². The van der Waals surface area contributed by atoms with Crippen LogP contribution >= 0.6 is 27.3 Å². The third kappa shape index (κ3) is 3.94. The van der Waals surface area contributed by atoms with Crippen molar-refractivity contribution in [2.75, 3.05) is 11.9 Å². The molecule has 0 aliphatic heterocycles. The van der Waals surface area contributed by atoms with E-state index in [2.05, 4.69) is 31.9 Å². The van der Waals surface area contributed by atoms with Crippen molar-refractivity contribution < 1.29 is 4.79 Å². The molecule has 1 heterocycles. The van der Waals surface area contributed by atoms with Crippen LogP contribution in [0, 0.1) is 0 Å². The van der Waals surface area contributed by atoms with Gasteiger partial charge in [0, 0.05) is 11.0 Å². The predicted octanol–water partition coefficient (Wildman–Crippen LogP) is 3.24. The highest BCUT2D eigenvalue weighted by atomic mass is 79.9. The second kappa shape index (κ2) is 6.68. The van der Waals surface area contributed by atoms with Crippen LogP contribution in [0.3, 0.4) is 0 Å². The van der Waals surface area contributed by atoms with Crippen molar-refractivity contribution in [2.45, 2.75) is 6.54 Å². The van der Waals surface area contributed by atoms with E-state index >= 15 is 0 Å². The Hall–Kier alpha value is -1.17. The van der Waals surface area contributed by atoms with E-state index in [9.17, 15) is 4.79 Å². The van der Waals surface area contributed by atoms with E-state index in [0.29, 0.717) is 13.1 Å². The number of anilines is 1. The van der Waals surface area contributed by atoms with Gasteiger partial charge in [-0.1, -0.05) is 12.1 Å². The van der Waals surface area contributed by atoms with Crippen molar-refractivity contribution in [1.82, 2.24) is 5.32 Å². The minimum atomic E-state index is -0.0443. The first-order valence-corrected chi connectivity index (χ1v) is 7.25. The Labute approximate surface area is 118 Å². The van der Waals surface area contributed by atoms with Crippen LogP contribution in [0.1, 0.15) is 5.56 Å². The van der Waals surface area contributed by atoms with E-state index in [1.54, 1.807) is 11.3 Å². The summed E-state index contributed by atoms with van der Waals surface area (Å²) < 4.78 is 0.885. The fourth-order valence-corrected chi connectivity index (χ4v) is 2.52. The topological polar surface area (TPSA) is 41.1 Å². The lowest BCUT2D eigenvalue weighted by molar-refractivity contribution is -0.115. The maximum atomic E-state index is 11.7. The Morgan fingerprint density at radius 3 is 2.83 bits per heavy atom. The van der Waals surface area contributed by atoms with E-state index in [0.717, 1.165) is 10.2 Å². The van der Waals surface area contributed by atoms with Gasteiger partial charge in [0.05, 0.1) is 12.2 Å². The Balaban J connectivity index is 1.77. The van der Waals surface area contributed by atoms with Crippen molar-refractivity contribution in [3.05, 3.63) is 51.1 Å². The Bertz CT molecular complexity index is 513. The highest BCUT2D eigenvalue weighted by molar-refractivity contribution is 9.10. The number of hydrogen-bond acceptors (Lipinski definition) is 3. The maximum absolute atomic E-state index is 11.7. The fourth-order valence-electron chi connectivity index (χ4n) is 1.47. The second-order valence-corrected chi connectivity index (χ2v) is 5.40. The second-order valence-electron chi connectivity index (χ2n) is 3.76. The molecule has 2 aromatic rings. The summed E-state index contributed by atoms with van der Waals surface area (Å²) in [5, 5.41) is 10.0. The van der Waals surface area contributed by atoms with Crippen molar-refractivity contribution in [3.8, 4) is 0 Å². The molecule has 0 atom stereocenters. The third-order valence-electron chi connectivity index (χ3n) is 2.34. The van der Waals surface area contributed by atoms with E-state index in [1.807, 2.05) is 35.7 Å². The van der Waals surface area contributed by atoms with Gasteiger partial charge in [-0.2, -0.15) is 11.3 Å². The summed E-state index contributed by atoms with van der Waals surface area (Å²) in [6.07, 6.45) is 0. The SMILES string of the molecule is O=C(CNCc1ccsc1)Nc1ccccc1Br. The lowest BCUT2D eigenvalue weighted by Gasteiger charge is -2.07. The number of hydrogen-bond donors (Lipinski definition) is 2. The van der Waals surface area contributed by atoms with Gasteiger partial charge in [-0.05, 0) is 50.5 Å². The van der Waals surface area contributed by atoms with Crippen LogP contribution in [0.5, 0.6) is 0 Å². The number of thiophene rings is 1. The van der Waals surface area contributed by atoms with Crippen LogP contribution in [0.4, 0.5) is 5.69 Å². The molecular formula is C13H13BrN2OS. The monoisotopic (exact) mass is 324 g/mol. The summed E-state index contributed by atoms with van der Waals surface area (Å²) in [6.45, 7) is 1.02. The fraction of sp³-hybridized carbons (Fsp3) is 0.154. The quantitative estimate of drug-likeness (QED) is 0.886. The molecule has 0 unspecified atom stereocenters. The lowest BCUT2D eigenvalue weighted by atomic mass is 10.3. The van der Waals surface area contributed by atoms with Crippen LogP contribution in [0.15, 0.2) is 45.6 Å². The number of amides is 1. The number of halogens is 1. The molecule has 0 aliphatic rings. The summed E-state index contributed by atoms with van der Waals surface area (Å²) >= 11 is 5.05. The van der Waals surface area contributed by atoms with Crippen LogP contribution in [-0.4, -0.2) is 12.5 Å². The maximum Gasteiger partial charge on any atom is 0.238 e. The van der Waals surface area contributed by atoms with E-state index in [1.165, 1.54) is 5.56 Å². The molecule has 0 radical (unpaired) electrons. The zero-order chi connectivity index (χ0) is 12.8. The van der Waals surface area contributed by atoms with Gasteiger partial charge < -0.3 is 10.6 Å². The molecule has 2 rings (SSSR count). The lowest BCUT2D eigenvalue weighted by Crippen LogP contribution is -2.27. The van der Waals surface area contributed by atoms with E-state index < -0.39 is 0 Å². The van der Waals surface area contributed by atoms with Gasteiger partial charge >= 0.3 is 0 Å². The standard InChI is InChI=1S/C13H13BrN2OS/c14-11-3-1-2-4-12(11)16-13(17)8-15-7-10-5-6-18-9-10/h1-6,9,15H,7-8H2,(H,16,17). The molecule has 1 aromatic heterocycles. The summed E-state index contributed by atoms with van der Waals surface area (Å²) in [5.41, 5.74) is 1.99. The summed E-state index contributed by atoms with van der Waals surface area (Å²) in [7, 11) is 0. The van der Waals surface area contributed by atoms with Gasteiger partial charge in [-0.15, -0.1) is 0 Å². The Kier molecular flexibility index (Phi) is 4.92. The number of carbonyl (C=O) groups is 1. The molecule has 94 valence electrons. The molecule has 3 nitrogen and oxygen atoms in total. The Morgan fingerprint density at radius 2 is 2.11 bits per heavy atom. The highest BCUT2D eigenvalue weighted by Gasteiger charge is 2.04. The Morgan fingerprint density at radius 1 is 1.28 bits per heavy atom. The van der Waals surface area contributed by atoms with Crippen LogP contribution in [-0.2, 0) is 11.3 Å². The van der Waals surface area contributed by atoms with Gasteiger partial charge in [0.2, 0.25) is 5.91 Å². The number of carbonyl (C=O) groups excluding carboxylic acids is 1. The summed E-state index contributed by atoms with van der Waals surface area (Å²) in [4.78, 5) is 11.7. The average molecular weight is 325 g/mol. The first-order chi connectivity index (χ1) is 8.75. The third-order valence-corrected chi connectivity index (χ3v) is 3.77. The molecule has 1 amide bonds. The van der Waals surface area contributed by atoms with Crippen molar-refractivity contribution in [3.63, 3.8) is 0 Å². The molecule has 2 N–H and O–H groups in total. The molecule has 0 saturated heterocycles. The van der Waals surface area contributed by atoms with E-state index in [-0.39, 0.29) is 5.91 Å². The van der Waals surface area contributed by atoms with Crippen molar-refractivity contribution >= 4 is 38.9 Å². The molecule has 1 aromatic carbocycles. The molecule has 18 heavy (non-hydrogen) atoms. The molecule has 0 fully saturated rings. The molecular weight excluding hydrogens is 312 g/mol. The van der Waals surface area contributed by atoms with Crippen LogP contribution in [0.2, 0.25) is 0 Å². The minimum Gasteiger partial charge on any atom is -0.324 e. The molecule has 0 bridgehead atoms. The summed E-state index contributed by atoms with van der Waals surface area (Å²) in [6, 6.07) is 9.60. The largest absolute Gasteiger partial charge is 0.324 e. The van der Waals surface area contributed by atoms with Crippen LogP contribution in [0.25, 0.3) is 0 Å². The first kappa shape index (κ1) is 13.3. The molecule has 5 heteroatoms. The summed E-state index contributed by atoms with van der Waals surface area (Å²) in [5.74, 6) is -0.0443. The highest BCUT2D eigenvalue weighted by Crippen LogP contribution is 2.20. The van der Waals surface area contributed by atoms with Gasteiger partial charge in [0.1, 0.15) is 0 Å². The first-order valence-electron chi connectivity index (χ1n) is 5.52. The van der Waals surface area contributed by atoms with Gasteiger partial charge in [0.15, 0.2) is 0 Å². The minimum absolute atomic E-state index is 0.0443. The molecule has 0 saturated carbocycles. The average Bonchev–Trinajstić information content (AvgIpc) is 2.85. The van der Waals surface area contributed by atoms with Gasteiger partial charge in [-0.3, -0.25) is 4.79 Å². The number of nitrogens with one attached hydrogen (secondary N) is 2. The zero-order valence-corrected chi connectivity index (χ0v) is 12.1. The molecule has 0 aliphatic carbocycles.